The van der Waals surface area contributed by atoms with Gasteiger partial charge in [-0.25, -0.2) is 0 Å². The number of rotatable bonds is 4. The first-order valence-electron chi connectivity index (χ1n) is 9.43. The van der Waals surface area contributed by atoms with Gasteiger partial charge in [-0.05, 0) is 31.0 Å². The van der Waals surface area contributed by atoms with Crippen molar-refractivity contribution >= 4 is 10.9 Å². The maximum atomic E-state index is 6.32. The van der Waals surface area contributed by atoms with Gasteiger partial charge in [0.15, 0.2) is 0 Å². The number of fused-ring (bicyclic) bond motifs is 2. The van der Waals surface area contributed by atoms with Gasteiger partial charge in [-0.2, -0.15) is 5.10 Å². The molecule has 5 rings (SSSR count). The fourth-order valence-corrected chi connectivity index (χ4v) is 4.03. The van der Waals surface area contributed by atoms with E-state index in [2.05, 4.69) is 43.9 Å². The van der Waals surface area contributed by atoms with E-state index in [1.54, 1.807) is 0 Å². The molecular weight excluding hydrogens is 328 g/mol. The van der Waals surface area contributed by atoms with Gasteiger partial charge in [-0.3, -0.25) is 9.58 Å². The summed E-state index contributed by atoms with van der Waals surface area (Å²) in [5, 5.41) is 5.67. The van der Waals surface area contributed by atoms with E-state index in [1.807, 2.05) is 12.4 Å². The van der Waals surface area contributed by atoms with E-state index in [9.17, 15) is 0 Å². The third-order valence-corrected chi connectivity index (χ3v) is 5.50. The Labute approximate surface area is 152 Å². The van der Waals surface area contributed by atoms with E-state index in [4.69, 9.17) is 9.47 Å². The zero-order valence-electron chi connectivity index (χ0n) is 14.9. The van der Waals surface area contributed by atoms with E-state index in [1.165, 1.54) is 16.6 Å². The molecule has 1 saturated heterocycles. The molecular formula is C20H24N4O2. The lowest BCUT2D eigenvalue weighted by Crippen LogP contribution is -2.38. The van der Waals surface area contributed by atoms with Crippen molar-refractivity contribution in [3.63, 3.8) is 0 Å². The van der Waals surface area contributed by atoms with Crippen LogP contribution in [0.2, 0.25) is 0 Å². The van der Waals surface area contributed by atoms with Crippen molar-refractivity contribution in [2.24, 2.45) is 0 Å². The predicted molar refractivity (Wildman–Crippen MR) is 99.1 cm³/mol. The number of nitrogens with one attached hydrogen (secondary N) is 1. The highest BCUT2D eigenvalue weighted by molar-refractivity contribution is 5.85. The zero-order valence-corrected chi connectivity index (χ0v) is 14.9. The molecule has 2 aliphatic rings. The number of likely N-dealkylation sites (tertiary alicyclic amines) is 1. The highest BCUT2D eigenvalue weighted by Gasteiger charge is 2.23. The van der Waals surface area contributed by atoms with Gasteiger partial charge in [-0.1, -0.05) is 6.07 Å². The van der Waals surface area contributed by atoms with Crippen molar-refractivity contribution in [1.82, 2.24) is 19.7 Å². The molecule has 0 radical (unpaired) electrons. The molecule has 0 spiro atoms. The minimum Gasteiger partial charge on any atom is -0.490 e. The Morgan fingerprint density at radius 3 is 3.04 bits per heavy atom. The molecule has 0 aliphatic carbocycles. The van der Waals surface area contributed by atoms with Crippen molar-refractivity contribution < 1.29 is 9.47 Å². The third kappa shape index (κ3) is 2.99. The lowest BCUT2D eigenvalue weighted by atomic mass is 10.1. The Hall–Kier alpha value is -2.31. The predicted octanol–water partition coefficient (Wildman–Crippen LogP) is 2.94. The van der Waals surface area contributed by atoms with E-state index in [-0.39, 0.29) is 6.10 Å². The highest BCUT2D eigenvalue weighted by atomic mass is 16.5. The van der Waals surface area contributed by atoms with Crippen LogP contribution in [0.15, 0.2) is 36.7 Å². The van der Waals surface area contributed by atoms with Crippen LogP contribution in [-0.2, 0) is 24.4 Å². The average molecular weight is 352 g/mol. The molecule has 4 heterocycles. The summed E-state index contributed by atoms with van der Waals surface area (Å²) in [6, 6.07) is 8.29. The number of nitrogens with zero attached hydrogens (tertiary/aromatic N) is 3. The molecule has 136 valence electrons. The standard InChI is InChI=1S/C20H24N4O2/c1-2-18-17(4-7-21-18)20(3-1)26-16-5-8-23(9-6-16)13-15-12-22-24-10-11-25-14-19(15)24/h1-4,7,12,16,21H,5-6,8-11,13-14H2. The van der Waals surface area contributed by atoms with Crippen LogP contribution in [0.25, 0.3) is 10.9 Å². The van der Waals surface area contributed by atoms with Gasteiger partial charge in [0.05, 0.1) is 31.6 Å². The number of ether oxygens (including phenoxy) is 2. The number of aromatic nitrogens is 3. The molecule has 0 unspecified atom stereocenters. The second-order valence-electron chi connectivity index (χ2n) is 7.18. The minimum absolute atomic E-state index is 0.288. The third-order valence-electron chi connectivity index (χ3n) is 5.50. The van der Waals surface area contributed by atoms with Gasteiger partial charge >= 0.3 is 0 Å². The Kier molecular flexibility index (Phi) is 4.15. The summed E-state index contributed by atoms with van der Waals surface area (Å²) in [5.74, 6) is 0.991. The lowest BCUT2D eigenvalue weighted by molar-refractivity contribution is 0.0764. The SMILES string of the molecule is c1cc(OC2CCN(Cc3cnn4c3COCC4)CC2)c2cc[nH]c2c1. The van der Waals surface area contributed by atoms with E-state index < -0.39 is 0 Å². The van der Waals surface area contributed by atoms with Crippen molar-refractivity contribution in [3.05, 3.63) is 47.9 Å². The minimum atomic E-state index is 0.288. The summed E-state index contributed by atoms with van der Waals surface area (Å²) in [5.41, 5.74) is 3.68. The fourth-order valence-electron chi connectivity index (χ4n) is 4.03. The lowest BCUT2D eigenvalue weighted by Gasteiger charge is -2.32. The van der Waals surface area contributed by atoms with Crippen LogP contribution in [0.1, 0.15) is 24.1 Å². The van der Waals surface area contributed by atoms with Crippen LogP contribution in [0, 0.1) is 0 Å². The summed E-state index contributed by atoms with van der Waals surface area (Å²) in [6.45, 7) is 5.40. The molecule has 2 aromatic heterocycles. The molecule has 0 saturated carbocycles. The highest BCUT2D eigenvalue weighted by Crippen LogP contribution is 2.28. The molecule has 0 amide bonds. The van der Waals surface area contributed by atoms with Gasteiger partial charge in [-0.15, -0.1) is 0 Å². The second-order valence-corrected chi connectivity index (χ2v) is 7.18. The molecule has 1 N–H and O–H groups in total. The molecule has 3 aromatic rings. The largest absolute Gasteiger partial charge is 0.490 e. The average Bonchev–Trinajstić information content (AvgIpc) is 3.31. The Morgan fingerprint density at radius 2 is 2.12 bits per heavy atom. The number of hydrogen-bond donors (Lipinski definition) is 1. The van der Waals surface area contributed by atoms with Crippen molar-refractivity contribution in [2.45, 2.75) is 38.6 Å². The Morgan fingerprint density at radius 1 is 1.19 bits per heavy atom. The topological polar surface area (TPSA) is 55.3 Å². The summed E-state index contributed by atoms with van der Waals surface area (Å²) in [4.78, 5) is 5.75. The normalized spacial score (nSPS) is 18.9. The number of benzene rings is 1. The number of aromatic amines is 1. The molecule has 1 aromatic carbocycles. The van der Waals surface area contributed by atoms with Gasteiger partial charge in [0, 0.05) is 42.3 Å². The van der Waals surface area contributed by atoms with Crippen LogP contribution < -0.4 is 4.74 Å². The Balaban J connectivity index is 1.20. The van der Waals surface area contributed by atoms with Gasteiger partial charge in [0.2, 0.25) is 0 Å². The zero-order chi connectivity index (χ0) is 17.3. The summed E-state index contributed by atoms with van der Waals surface area (Å²) < 4.78 is 14.0. The maximum Gasteiger partial charge on any atom is 0.129 e. The Bertz CT molecular complexity index is 892. The van der Waals surface area contributed by atoms with Crippen molar-refractivity contribution in [1.29, 1.82) is 0 Å². The van der Waals surface area contributed by atoms with Crippen LogP contribution in [-0.4, -0.2) is 45.5 Å². The number of piperidine rings is 1. The number of hydrogen-bond acceptors (Lipinski definition) is 4. The monoisotopic (exact) mass is 352 g/mol. The first-order valence-corrected chi connectivity index (χ1v) is 9.43. The van der Waals surface area contributed by atoms with E-state index in [0.717, 1.165) is 56.9 Å². The molecule has 6 heteroatoms. The maximum absolute atomic E-state index is 6.32. The van der Waals surface area contributed by atoms with Gasteiger partial charge in [0.25, 0.3) is 0 Å². The molecule has 0 atom stereocenters. The second kappa shape index (κ2) is 6.78. The number of H-pyrrole nitrogens is 1. The van der Waals surface area contributed by atoms with Crippen LogP contribution in [0.5, 0.6) is 5.75 Å². The molecule has 6 nitrogen and oxygen atoms in total. The van der Waals surface area contributed by atoms with Crippen LogP contribution >= 0.6 is 0 Å². The van der Waals surface area contributed by atoms with Crippen molar-refractivity contribution in [3.8, 4) is 5.75 Å². The molecule has 1 fully saturated rings. The first-order chi connectivity index (χ1) is 12.9. The summed E-state index contributed by atoms with van der Waals surface area (Å²) in [6.07, 6.45) is 6.38. The molecule has 2 aliphatic heterocycles. The molecule has 0 bridgehead atoms. The van der Waals surface area contributed by atoms with Gasteiger partial charge < -0.3 is 14.5 Å². The summed E-state index contributed by atoms with van der Waals surface area (Å²) in [7, 11) is 0. The fraction of sp³-hybridized carbons (Fsp3) is 0.450. The van der Waals surface area contributed by atoms with E-state index in [0.29, 0.717) is 6.61 Å². The smallest absolute Gasteiger partial charge is 0.129 e. The van der Waals surface area contributed by atoms with Crippen LogP contribution in [0.4, 0.5) is 0 Å². The van der Waals surface area contributed by atoms with Crippen molar-refractivity contribution in [2.75, 3.05) is 19.7 Å². The molecule has 26 heavy (non-hydrogen) atoms. The van der Waals surface area contributed by atoms with Gasteiger partial charge in [0.1, 0.15) is 11.9 Å². The van der Waals surface area contributed by atoms with E-state index >= 15 is 0 Å². The van der Waals surface area contributed by atoms with Crippen LogP contribution in [0.3, 0.4) is 0 Å². The quantitative estimate of drug-likeness (QED) is 0.784. The first kappa shape index (κ1) is 15.9. The summed E-state index contributed by atoms with van der Waals surface area (Å²) >= 11 is 0.